The van der Waals surface area contributed by atoms with Crippen molar-refractivity contribution < 1.29 is 19.1 Å². The highest BCUT2D eigenvalue weighted by Gasteiger charge is 2.25. The average Bonchev–Trinajstić information content (AvgIpc) is 2.86. The summed E-state index contributed by atoms with van der Waals surface area (Å²) < 4.78 is 5.23. The molecule has 0 aromatic heterocycles. The quantitative estimate of drug-likeness (QED) is 0.383. The Kier molecular flexibility index (Phi) is 3.75. The number of carbonyl (C=O) groups excluding carboxylic acids is 3. The maximum Gasteiger partial charge on any atom is 0.343 e. The van der Waals surface area contributed by atoms with E-state index in [1.807, 2.05) is 0 Å². The van der Waals surface area contributed by atoms with Gasteiger partial charge in [-0.25, -0.2) is 9.69 Å². The zero-order valence-corrected chi connectivity index (χ0v) is 12.4. The first-order valence-corrected chi connectivity index (χ1v) is 6.98. The minimum Gasteiger partial charge on any atom is -0.423 e. The molecule has 2 aromatic rings. The standard InChI is InChI=1S/C17H13N3O4/c18-11-7-10(8-12(19)9-11)17(23)24-14-3-1-13(2-4-14)20-15(21)5-6-16(20)22/h1-9H,18-19H2. The SMILES string of the molecule is Nc1cc(N)cc(C(=O)Oc2ccc(N3C(=O)C=CC3=O)cc2)c1. The lowest BCUT2D eigenvalue weighted by molar-refractivity contribution is -0.119. The first-order chi connectivity index (χ1) is 11.4. The number of nitrogens with two attached hydrogens (primary N) is 2. The van der Waals surface area contributed by atoms with E-state index in [2.05, 4.69) is 0 Å². The smallest absolute Gasteiger partial charge is 0.343 e. The normalized spacial score (nSPS) is 13.4. The highest BCUT2D eigenvalue weighted by Crippen LogP contribution is 2.23. The molecule has 120 valence electrons. The number of hydrogen-bond donors (Lipinski definition) is 2. The Morgan fingerprint density at radius 1 is 0.875 bits per heavy atom. The van der Waals surface area contributed by atoms with Gasteiger partial charge in [-0.05, 0) is 42.5 Å². The summed E-state index contributed by atoms with van der Waals surface area (Å²) in [5, 5.41) is 0. The summed E-state index contributed by atoms with van der Waals surface area (Å²) in [6, 6.07) is 10.5. The molecule has 0 saturated heterocycles. The third-order valence-corrected chi connectivity index (χ3v) is 3.33. The van der Waals surface area contributed by atoms with Gasteiger partial charge in [0.05, 0.1) is 11.3 Å². The minimum atomic E-state index is -0.614. The fraction of sp³-hybridized carbons (Fsp3) is 0. The van der Waals surface area contributed by atoms with Crippen LogP contribution in [0.2, 0.25) is 0 Å². The Morgan fingerprint density at radius 2 is 1.42 bits per heavy atom. The van der Waals surface area contributed by atoms with Gasteiger partial charge >= 0.3 is 5.97 Å². The van der Waals surface area contributed by atoms with E-state index in [0.29, 0.717) is 17.1 Å². The van der Waals surface area contributed by atoms with Crippen LogP contribution in [-0.2, 0) is 9.59 Å². The highest BCUT2D eigenvalue weighted by atomic mass is 16.5. The number of rotatable bonds is 3. The van der Waals surface area contributed by atoms with Gasteiger partial charge in [0.2, 0.25) is 0 Å². The minimum absolute atomic E-state index is 0.227. The summed E-state index contributed by atoms with van der Waals surface area (Å²) in [6.45, 7) is 0. The molecule has 0 unspecified atom stereocenters. The third kappa shape index (κ3) is 2.95. The van der Waals surface area contributed by atoms with Crippen LogP contribution in [0.25, 0.3) is 0 Å². The summed E-state index contributed by atoms with van der Waals surface area (Å²) in [5.74, 6) is -1.19. The number of carbonyl (C=O) groups is 3. The summed E-state index contributed by atoms with van der Waals surface area (Å²) in [7, 11) is 0. The fourth-order valence-corrected chi connectivity index (χ4v) is 2.28. The monoisotopic (exact) mass is 323 g/mol. The third-order valence-electron chi connectivity index (χ3n) is 3.33. The molecule has 1 aliphatic rings. The van der Waals surface area contributed by atoms with E-state index in [9.17, 15) is 14.4 Å². The van der Waals surface area contributed by atoms with Gasteiger partial charge in [-0.3, -0.25) is 9.59 Å². The molecule has 0 radical (unpaired) electrons. The second-order valence-corrected chi connectivity index (χ2v) is 5.12. The van der Waals surface area contributed by atoms with Crippen molar-refractivity contribution in [3.05, 3.63) is 60.2 Å². The Labute approximate surface area is 137 Å². The van der Waals surface area contributed by atoms with Crippen LogP contribution in [0, 0.1) is 0 Å². The molecular formula is C17H13N3O4. The van der Waals surface area contributed by atoms with Crippen molar-refractivity contribution in [1.29, 1.82) is 0 Å². The second kappa shape index (κ2) is 5.88. The molecule has 2 aromatic carbocycles. The topological polar surface area (TPSA) is 116 Å². The van der Waals surface area contributed by atoms with Crippen molar-refractivity contribution in [2.24, 2.45) is 0 Å². The van der Waals surface area contributed by atoms with E-state index >= 15 is 0 Å². The zero-order valence-electron chi connectivity index (χ0n) is 12.4. The Morgan fingerprint density at radius 3 is 1.96 bits per heavy atom. The van der Waals surface area contributed by atoms with Gasteiger partial charge in [0.15, 0.2) is 0 Å². The Balaban J connectivity index is 1.75. The molecule has 4 N–H and O–H groups in total. The van der Waals surface area contributed by atoms with Crippen LogP contribution in [0.3, 0.4) is 0 Å². The van der Waals surface area contributed by atoms with E-state index in [0.717, 1.165) is 4.90 Å². The number of hydrogen-bond acceptors (Lipinski definition) is 6. The second-order valence-electron chi connectivity index (χ2n) is 5.12. The van der Waals surface area contributed by atoms with Gasteiger partial charge in [0.25, 0.3) is 11.8 Å². The van der Waals surface area contributed by atoms with Crippen molar-refractivity contribution in [2.75, 3.05) is 16.4 Å². The van der Waals surface area contributed by atoms with Crippen molar-refractivity contribution in [1.82, 2.24) is 0 Å². The largest absolute Gasteiger partial charge is 0.423 e. The van der Waals surface area contributed by atoms with Gasteiger partial charge in [0.1, 0.15) is 5.75 Å². The molecule has 0 bridgehead atoms. The maximum atomic E-state index is 12.1. The first kappa shape index (κ1) is 15.3. The average molecular weight is 323 g/mol. The number of imide groups is 1. The predicted octanol–water partition coefficient (Wildman–Crippen LogP) is 1.50. The lowest BCUT2D eigenvalue weighted by Crippen LogP contribution is -2.29. The van der Waals surface area contributed by atoms with Crippen molar-refractivity contribution in [3.63, 3.8) is 0 Å². The van der Waals surface area contributed by atoms with Crippen LogP contribution in [-0.4, -0.2) is 17.8 Å². The fourth-order valence-electron chi connectivity index (χ4n) is 2.28. The molecule has 3 rings (SSSR count). The van der Waals surface area contributed by atoms with Gasteiger partial charge in [-0.1, -0.05) is 0 Å². The lowest BCUT2D eigenvalue weighted by atomic mass is 10.2. The van der Waals surface area contributed by atoms with Crippen molar-refractivity contribution in [3.8, 4) is 5.75 Å². The van der Waals surface area contributed by atoms with Gasteiger partial charge in [-0.15, -0.1) is 0 Å². The van der Waals surface area contributed by atoms with Crippen LogP contribution in [0.1, 0.15) is 10.4 Å². The van der Waals surface area contributed by atoms with Gasteiger partial charge < -0.3 is 16.2 Å². The highest BCUT2D eigenvalue weighted by molar-refractivity contribution is 6.28. The maximum absolute atomic E-state index is 12.1. The van der Waals surface area contributed by atoms with Gasteiger partial charge in [0, 0.05) is 23.5 Å². The Hall–Kier alpha value is -3.61. The molecule has 7 heteroatoms. The number of benzene rings is 2. The Bertz CT molecular complexity index is 834. The molecule has 0 aliphatic carbocycles. The predicted molar refractivity (Wildman–Crippen MR) is 88.3 cm³/mol. The van der Waals surface area contributed by atoms with E-state index < -0.39 is 17.8 Å². The number of esters is 1. The first-order valence-electron chi connectivity index (χ1n) is 6.98. The van der Waals surface area contributed by atoms with E-state index in [1.54, 1.807) is 0 Å². The van der Waals surface area contributed by atoms with Crippen molar-refractivity contribution >= 4 is 34.8 Å². The van der Waals surface area contributed by atoms with E-state index in [1.165, 1.54) is 54.6 Å². The van der Waals surface area contributed by atoms with E-state index in [-0.39, 0.29) is 11.3 Å². The molecular weight excluding hydrogens is 310 g/mol. The van der Waals surface area contributed by atoms with Gasteiger partial charge in [-0.2, -0.15) is 0 Å². The number of amides is 2. The number of anilines is 3. The summed E-state index contributed by atoms with van der Waals surface area (Å²) in [5.41, 5.74) is 12.6. The molecule has 0 spiro atoms. The summed E-state index contributed by atoms with van der Waals surface area (Å²) in [6.07, 6.45) is 2.39. The summed E-state index contributed by atoms with van der Waals surface area (Å²) >= 11 is 0. The molecule has 0 saturated carbocycles. The number of nitrogens with zero attached hydrogens (tertiary/aromatic N) is 1. The van der Waals surface area contributed by atoms with Crippen LogP contribution >= 0.6 is 0 Å². The molecule has 24 heavy (non-hydrogen) atoms. The molecule has 2 amide bonds. The number of ether oxygens (including phenoxy) is 1. The van der Waals surface area contributed by atoms with Crippen LogP contribution in [0.15, 0.2) is 54.6 Å². The number of nitrogen functional groups attached to an aromatic ring is 2. The summed E-state index contributed by atoms with van der Waals surface area (Å²) in [4.78, 5) is 36.3. The molecule has 1 aliphatic heterocycles. The van der Waals surface area contributed by atoms with Crippen LogP contribution in [0.4, 0.5) is 17.1 Å². The van der Waals surface area contributed by atoms with Crippen LogP contribution in [0.5, 0.6) is 5.75 Å². The van der Waals surface area contributed by atoms with Crippen LogP contribution < -0.4 is 21.1 Å². The molecule has 7 nitrogen and oxygen atoms in total. The van der Waals surface area contributed by atoms with Crippen molar-refractivity contribution in [2.45, 2.75) is 0 Å². The molecule has 0 atom stereocenters. The zero-order chi connectivity index (χ0) is 17.3. The molecule has 1 heterocycles. The lowest BCUT2D eigenvalue weighted by Gasteiger charge is -2.14. The molecule has 0 fully saturated rings. The van der Waals surface area contributed by atoms with E-state index in [4.69, 9.17) is 16.2 Å².